The molecule has 0 saturated heterocycles. The predicted octanol–water partition coefficient (Wildman–Crippen LogP) is 6.29. The fourth-order valence-corrected chi connectivity index (χ4v) is 8.13. The summed E-state index contributed by atoms with van der Waals surface area (Å²) in [5.74, 6) is 0.462. The summed E-state index contributed by atoms with van der Waals surface area (Å²) in [6.07, 6.45) is 4.37. The van der Waals surface area contributed by atoms with Crippen molar-refractivity contribution in [2.24, 2.45) is 0 Å². The third kappa shape index (κ3) is 2.86. The van der Waals surface area contributed by atoms with Gasteiger partial charge < -0.3 is 0 Å². The fourth-order valence-electron chi connectivity index (χ4n) is 5.95. The topological polar surface area (TPSA) is 0 Å². The first kappa shape index (κ1) is 21.3. The number of halogens is 2. The van der Waals surface area contributed by atoms with E-state index < -0.39 is 0 Å². The van der Waals surface area contributed by atoms with E-state index in [1.54, 1.807) is 0 Å². The monoisotopic (exact) mass is 510 g/mol. The molecule has 1 aliphatic heterocycles. The Kier molecular flexibility index (Phi) is 4.87. The van der Waals surface area contributed by atoms with Gasteiger partial charge in [0.2, 0.25) is 0 Å². The fraction of sp³-hybridized carbons (Fsp3) is 0.0714. The summed E-state index contributed by atoms with van der Waals surface area (Å²) in [5, 5.41) is 11.9. The number of benzene rings is 6. The van der Waals surface area contributed by atoms with Crippen LogP contribution in [0.5, 0.6) is 0 Å². The van der Waals surface area contributed by atoms with Crippen LogP contribution in [0.3, 0.4) is 0 Å². The van der Waals surface area contributed by atoms with Crippen LogP contribution < -0.4 is 21.9 Å². The Morgan fingerprint density at radius 2 is 1.09 bits per heavy atom. The molecule has 0 nitrogen and oxygen atoms in total. The first-order valence-corrected chi connectivity index (χ1v) is 14.6. The van der Waals surface area contributed by atoms with Gasteiger partial charge in [-0.25, -0.2) is 23.2 Å². The van der Waals surface area contributed by atoms with Gasteiger partial charge in [-0.1, -0.05) is 99.7 Å². The molecule has 0 aliphatic carbocycles. The van der Waals surface area contributed by atoms with E-state index in [0.29, 0.717) is 10.0 Å². The number of fused-ring (bicyclic) bond motifs is 4. The molecule has 0 bridgehead atoms. The van der Waals surface area contributed by atoms with Crippen LogP contribution in [-0.2, 0) is 0 Å². The van der Waals surface area contributed by atoms with Gasteiger partial charge in [0.15, 0.2) is 0 Å². The maximum Gasteiger partial charge on any atom is 0.273 e. The zero-order valence-corrected chi connectivity index (χ0v) is 21.8. The van der Waals surface area contributed by atoms with Gasteiger partial charge in [0.05, 0.1) is 10.0 Å². The highest BCUT2D eigenvalue weighted by atomic mass is 35.5. The Bertz CT molecular complexity index is 1770. The van der Waals surface area contributed by atoms with Gasteiger partial charge in [0.25, 0.3) is 12.0 Å². The number of hydrogen-bond acceptors (Lipinski definition) is 2. The maximum atomic E-state index is 6.50. The van der Waals surface area contributed by atoms with Crippen molar-refractivity contribution < 1.29 is 0 Å². The molecule has 0 amide bonds. The summed E-state index contributed by atoms with van der Waals surface area (Å²) >= 11 is 16.7. The third-order valence-electron chi connectivity index (χ3n) is 7.39. The highest BCUT2D eigenvalue weighted by Crippen LogP contribution is 2.38. The second kappa shape index (κ2) is 7.77. The smallest absolute Gasteiger partial charge is 0.200 e. The van der Waals surface area contributed by atoms with Gasteiger partial charge >= 0.3 is 0 Å². The summed E-state index contributed by atoms with van der Waals surface area (Å²) in [6.45, 7) is 0. The van der Waals surface area contributed by atoms with Crippen LogP contribution in [0.2, 0.25) is 10.0 Å². The van der Waals surface area contributed by atoms with Crippen molar-refractivity contribution in [1.29, 1.82) is 0 Å². The lowest BCUT2D eigenvalue weighted by Crippen LogP contribution is -2.66. The second-order valence-corrected chi connectivity index (χ2v) is 11.8. The van der Waals surface area contributed by atoms with Crippen LogP contribution in [0.25, 0.3) is 43.1 Å². The number of hydrogen-bond donors (Lipinski definition) is 0. The lowest BCUT2D eigenvalue weighted by Gasteiger charge is -2.30. The first-order chi connectivity index (χ1) is 16.6. The normalized spacial score (nSPS) is 13.4. The molecule has 0 saturated carbocycles. The van der Waals surface area contributed by atoms with Gasteiger partial charge in [-0.2, -0.15) is 0 Å². The van der Waals surface area contributed by atoms with Gasteiger partial charge in [0, 0.05) is 0 Å². The standard InChI is InChI=1S/C28H18B2Cl2S2/c1-33-29-21-11-18-10-17-7-6-15-4-3-5-16-8-9-19(28(17)27(15)16)20(18)12-22(21)30(34-2)24-14-26(32)25(31)13-23(24)29/h3-14H,1-2H3. The van der Waals surface area contributed by atoms with Crippen LogP contribution in [0.1, 0.15) is 0 Å². The van der Waals surface area contributed by atoms with Crippen LogP contribution >= 0.6 is 46.4 Å². The molecule has 6 heteroatoms. The van der Waals surface area contributed by atoms with E-state index in [2.05, 4.69) is 85.3 Å². The van der Waals surface area contributed by atoms with Crippen molar-refractivity contribution in [3.8, 4) is 0 Å². The summed E-state index contributed by atoms with van der Waals surface area (Å²) in [7, 11) is 0. The molecule has 0 aromatic heterocycles. The Labute approximate surface area is 217 Å². The van der Waals surface area contributed by atoms with Crippen LogP contribution in [0.4, 0.5) is 0 Å². The zero-order valence-electron chi connectivity index (χ0n) is 18.7. The van der Waals surface area contributed by atoms with E-state index in [9.17, 15) is 0 Å². The van der Waals surface area contributed by atoms with E-state index in [0.717, 1.165) is 0 Å². The van der Waals surface area contributed by atoms with Gasteiger partial charge in [-0.15, -0.1) is 0 Å². The van der Waals surface area contributed by atoms with E-state index in [1.165, 1.54) is 64.9 Å². The second-order valence-electron chi connectivity index (χ2n) is 9.06. The summed E-state index contributed by atoms with van der Waals surface area (Å²) in [6, 6.07) is 27.1. The Morgan fingerprint density at radius 3 is 1.74 bits per heavy atom. The molecular formula is C28H18B2Cl2S2. The van der Waals surface area contributed by atoms with Crippen molar-refractivity contribution in [2.75, 3.05) is 12.5 Å². The number of rotatable bonds is 2. The Balaban J connectivity index is 1.60. The molecule has 0 spiro atoms. The van der Waals surface area contributed by atoms with Gasteiger partial charge in [-0.3, -0.25) is 0 Å². The molecule has 162 valence electrons. The Hall–Kier alpha value is -1.97. The third-order valence-corrected chi connectivity index (χ3v) is 10.1. The minimum atomic E-state index is 0.228. The van der Waals surface area contributed by atoms with Crippen LogP contribution in [-0.4, -0.2) is 24.5 Å². The summed E-state index contributed by atoms with van der Waals surface area (Å²) < 4.78 is 0. The minimum Gasteiger partial charge on any atom is -0.200 e. The molecule has 7 rings (SSSR count). The molecule has 0 unspecified atom stereocenters. The van der Waals surface area contributed by atoms with Crippen molar-refractivity contribution >= 4 is 123 Å². The maximum absolute atomic E-state index is 6.50. The van der Waals surface area contributed by atoms with Gasteiger partial charge in [0.1, 0.15) is 0 Å². The van der Waals surface area contributed by atoms with Crippen LogP contribution in [0.15, 0.2) is 72.8 Å². The molecule has 6 aromatic carbocycles. The van der Waals surface area contributed by atoms with E-state index in [1.807, 2.05) is 23.2 Å². The predicted molar refractivity (Wildman–Crippen MR) is 161 cm³/mol. The van der Waals surface area contributed by atoms with Gasteiger partial charge in [-0.05, 0) is 73.8 Å². The van der Waals surface area contributed by atoms with Crippen molar-refractivity contribution in [2.45, 2.75) is 0 Å². The SMILES string of the molecule is CSB1c2cc(Cl)c(Cl)cc2B(SC)c2cc3c(cc21)cc1ccc2cccc4ccc3c1c24. The lowest BCUT2D eigenvalue weighted by atomic mass is 9.41. The lowest BCUT2D eigenvalue weighted by molar-refractivity contribution is 1.78. The molecule has 1 aliphatic rings. The van der Waals surface area contributed by atoms with E-state index >= 15 is 0 Å². The van der Waals surface area contributed by atoms with Crippen molar-refractivity contribution in [1.82, 2.24) is 0 Å². The highest BCUT2D eigenvalue weighted by molar-refractivity contribution is 8.29. The zero-order chi connectivity index (χ0) is 23.1. The van der Waals surface area contributed by atoms with Crippen molar-refractivity contribution in [3.63, 3.8) is 0 Å². The van der Waals surface area contributed by atoms with Crippen LogP contribution in [0, 0.1) is 0 Å². The van der Waals surface area contributed by atoms with Crippen molar-refractivity contribution in [3.05, 3.63) is 82.8 Å². The molecular weight excluding hydrogens is 493 g/mol. The quantitative estimate of drug-likeness (QED) is 0.152. The molecule has 0 N–H and O–H groups in total. The summed E-state index contributed by atoms with van der Waals surface area (Å²) in [4.78, 5) is 0. The average Bonchev–Trinajstić information content (AvgIpc) is 2.85. The molecule has 0 atom stereocenters. The Morgan fingerprint density at radius 1 is 0.529 bits per heavy atom. The molecule has 0 radical (unpaired) electrons. The first-order valence-electron chi connectivity index (χ1n) is 11.3. The molecule has 6 aromatic rings. The molecule has 0 fully saturated rings. The van der Waals surface area contributed by atoms with E-state index in [4.69, 9.17) is 23.2 Å². The highest BCUT2D eigenvalue weighted by Gasteiger charge is 2.37. The minimum absolute atomic E-state index is 0.228. The van der Waals surface area contributed by atoms with E-state index in [-0.39, 0.29) is 12.0 Å². The largest absolute Gasteiger partial charge is 0.273 e. The average molecular weight is 511 g/mol. The molecule has 34 heavy (non-hydrogen) atoms. The molecule has 1 heterocycles. The summed E-state index contributed by atoms with van der Waals surface area (Å²) in [5.41, 5.74) is 5.34.